The first kappa shape index (κ1) is 15.5. The highest BCUT2D eigenvalue weighted by Gasteiger charge is 2.33. The third-order valence-corrected chi connectivity index (χ3v) is 3.83. The maximum atomic E-state index is 12.2. The Kier molecular flexibility index (Phi) is 4.94. The van der Waals surface area contributed by atoms with Crippen LogP contribution in [0.1, 0.15) is 60.7 Å². The molecule has 0 bridgehead atoms. The summed E-state index contributed by atoms with van der Waals surface area (Å²) in [4.78, 5) is 25.6. The highest BCUT2D eigenvalue weighted by atomic mass is 16.2. The molecule has 2 rings (SSSR count). The molecule has 0 N–H and O–H groups in total. The van der Waals surface area contributed by atoms with Crippen molar-refractivity contribution < 1.29 is 9.59 Å². The normalized spacial score (nSPS) is 16.1. The molecule has 1 unspecified atom stereocenters. The van der Waals surface area contributed by atoms with Gasteiger partial charge in [0.2, 0.25) is 0 Å². The van der Waals surface area contributed by atoms with Gasteiger partial charge in [0.05, 0.1) is 11.1 Å². The third kappa shape index (κ3) is 3.60. The Balaban J connectivity index is 1.96. The van der Waals surface area contributed by atoms with Gasteiger partial charge in [-0.25, -0.2) is 4.90 Å². The van der Waals surface area contributed by atoms with E-state index in [0.717, 1.165) is 12.3 Å². The summed E-state index contributed by atoms with van der Waals surface area (Å²) in [6, 6.07) is 6.97. The SMILES string of the molecule is CC(C)CCCC(C)C=CN1C(=O)c2ccccc2C1=O. The van der Waals surface area contributed by atoms with Crippen LogP contribution in [0.3, 0.4) is 0 Å². The van der Waals surface area contributed by atoms with E-state index in [1.54, 1.807) is 30.5 Å². The van der Waals surface area contributed by atoms with E-state index in [4.69, 9.17) is 0 Å². The Bertz CT molecular complexity index is 525. The van der Waals surface area contributed by atoms with Crippen molar-refractivity contribution in [2.75, 3.05) is 0 Å². The zero-order chi connectivity index (χ0) is 15.4. The summed E-state index contributed by atoms with van der Waals surface area (Å²) in [6.07, 6.45) is 7.07. The fraction of sp³-hybridized carbons (Fsp3) is 0.444. The van der Waals surface area contributed by atoms with Crippen LogP contribution in [-0.4, -0.2) is 16.7 Å². The molecule has 0 saturated carbocycles. The Morgan fingerprint density at radius 1 is 1.00 bits per heavy atom. The van der Waals surface area contributed by atoms with Crippen molar-refractivity contribution in [3.63, 3.8) is 0 Å². The molecule has 21 heavy (non-hydrogen) atoms. The Morgan fingerprint density at radius 3 is 2.10 bits per heavy atom. The van der Waals surface area contributed by atoms with E-state index in [2.05, 4.69) is 20.8 Å². The lowest BCUT2D eigenvalue weighted by Crippen LogP contribution is -2.23. The minimum atomic E-state index is -0.221. The van der Waals surface area contributed by atoms with Gasteiger partial charge in [0.1, 0.15) is 0 Å². The predicted molar refractivity (Wildman–Crippen MR) is 83.9 cm³/mol. The molecule has 1 aliphatic rings. The van der Waals surface area contributed by atoms with E-state index < -0.39 is 0 Å². The van der Waals surface area contributed by atoms with Crippen LogP contribution in [0.15, 0.2) is 36.5 Å². The minimum Gasteiger partial charge on any atom is -0.268 e. The fourth-order valence-corrected chi connectivity index (χ4v) is 2.52. The molecule has 0 radical (unpaired) electrons. The number of fused-ring (bicyclic) bond motifs is 1. The average Bonchev–Trinajstić information content (AvgIpc) is 2.69. The first-order chi connectivity index (χ1) is 10.0. The fourth-order valence-electron chi connectivity index (χ4n) is 2.52. The first-order valence-electron chi connectivity index (χ1n) is 7.66. The predicted octanol–water partition coefficient (Wildman–Crippen LogP) is 4.26. The lowest BCUT2D eigenvalue weighted by molar-refractivity contribution is 0.0721. The zero-order valence-electron chi connectivity index (χ0n) is 13.0. The highest BCUT2D eigenvalue weighted by molar-refractivity contribution is 6.22. The number of hydrogen-bond donors (Lipinski definition) is 0. The van der Waals surface area contributed by atoms with E-state index in [0.29, 0.717) is 17.0 Å². The highest BCUT2D eigenvalue weighted by Crippen LogP contribution is 2.23. The Morgan fingerprint density at radius 2 is 1.57 bits per heavy atom. The van der Waals surface area contributed by atoms with Gasteiger partial charge < -0.3 is 0 Å². The average molecular weight is 285 g/mol. The number of nitrogens with zero attached hydrogens (tertiary/aromatic N) is 1. The number of carbonyl (C=O) groups excluding carboxylic acids is 2. The monoisotopic (exact) mass is 285 g/mol. The molecule has 0 fully saturated rings. The number of rotatable bonds is 6. The van der Waals surface area contributed by atoms with E-state index >= 15 is 0 Å². The molecule has 3 heteroatoms. The van der Waals surface area contributed by atoms with Gasteiger partial charge in [0.25, 0.3) is 11.8 Å². The number of carbonyl (C=O) groups is 2. The van der Waals surface area contributed by atoms with Crippen LogP contribution >= 0.6 is 0 Å². The van der Waals surface area contributed by atoms with Gasteiger partial charge in [-0.15, -0.1) is 0 Å². The summed E-state index contributed by atoms with van der Waals surface area (Å²) in [5, 5.41) is 0. The maximum absolute atomic E-state index is 12.2. The molecule has 1 aliphatic heterocycles. The van der Waals surface area contributed by atoms with Crippen molar-refractivity contribution in [3.05, 3.63) is 47.7 Å². The van der Waals surface area contributed by atoms with Crippen molar-refractivity contribution in [2.24, 2.45) is 11.8 Å². The zero-order valence-corrected chi connectivity index (χ0v) is 13.0. The van der Waals surface area contributed by atoms with Crippen LogP contribution in [0.4, 0.5) is 0 Å². The summed E-state index contributed by atoms with van der Waals surface area (Å²) in [5.74, 6) is 0.646. The van der Waals surface area contributed by atoms with Crippen LogP contribution in [-0.2, 0) is 0 Å². The molecule has 0 aromatic heterocycles. The summed E-state index contributed by atoms with van der Waals surface area (Å²) in [5.41, 5.74) is 0.999. The first-order valence-corrected chi connectivity index (χ1v) is 7.66. The van der Waals surface area contributed by atoms with Crippen LogP contribution in [0.25, 0.3) is 0 Å². The molecule has 0 spiro atoms. The molecule has 0 aliphatic carbocycles. The van der Waals surface area contributed by atoms with Crippen molar-refractivity contribution in [1.29, 1.82) is 0 Å². The van der Waals surface area contributed by atoms with E-state index in [1.807, 2.05) is 6.08 Å². The number of benzene rings is 1. The second kappa shape index (κ2) is 6.70. The van der Waals surface area contributed by atoms with Gasteiger partial charge in [-0.2, -0.15) is 0 Å². The minimum absolute atomic E-state index is 0.221. The van der Waals surface area contributed by atoms with Gasteiger partial charge in [-0.3, -0.25) is 9.59 Å². The molecule has 1 aromatic carbocycles. The molecule has 3 nitrogen and oxygen atoms in total. The molecule has 1 heterocycles. The Labute approximate surface area is 126 Å². The van der Waals surface area contributed by atoms with E-state index in [9.17, 15) is 9.59 Å². The summed E-state index contributed by atoms with van der Waals surface area (Å²) >= 11 is 0. The molecular weight excluding hydrogens is 262 g/mol. The van der Waals surface area contributed by atoms with Gasteiger partial charge in [-0.1, -0.05) is 51.8 Å². The van der Waals surface area contributed by atoms with Gasteiger partial charge >= 0.3 is 0 Å². The number of hydrogen-bond acceptors (Lipinski definition) is 2. The quantitative estimate of drug-likeness (QED) is 0.732. The summed E-state index contributed by atoms with van der Waals surface area (Å²) in [7, 11) is 0. The molecular formula is C18H23NO2. The van der Waals surface area contributed by atoms with Crippen LogP contribution < -0.4 is 0 Å². The lowest BCUT2D eigenvalue weighted by Gasteiger charge is -2.11. The number of amides is 2. The van der Waals surface area contributed by atoms with Crippen LogP contribution in [0, 0.1) is 11.8 Å². The number of allylic oxidation sites excluding steroid dienone is 1. The van der Waals surface area contributed by atoms with Crippen molar-refractivity contribution >= 4 is 11.8 Å². The van der Waals surface area contributed by atoms with Gasteiger partial charge in [-0.05, 0) is 30.4 Å². The lowest BCUT2D eigenvalue weighted by atomic mass is 10.00. The third-order valence-electron chi connectivity index (χ3n) is 3.83. The van der Waals surface area contributed by atoms with Crippen molar-refractivity contribution in [3.8, 4) is 0 Å². The molecule has 2 amide bonds. The number of imide groups is 1. The second-order valence-corrected chi connectivity index (χ2v) is 6.17. The molecule has 0 saturated heterocycles. The molecule has 112 valence electrons. The topological polar surface area (TPSA) is 37.4 Å². The summed E-state index contributed by atoms with van der Waals surface area (Å²) < 4.78 is 0. The standard InChI is InChI=1S/C18H23NO2/c1-13(2)7-6-8-14(3)11-12-19-17(20)15-9-4-5-10-16(15)18(19)21/h4-5,9-14H,6-8H2,1-3H3. The smallest absolute Gasteiger partial charge is 0.265 e. The maximum Gasteiger partial charge on any atom is 0.265 e. The van der Waals surface area contributed by atoms with Crippen molar-refractivity contribution in [2.45, 2.75) is 40.0 Å². The summed E-state index contributed by atoms with van der Waals surface area (Å²) in [6.45, 7) is 6.56. The van der Waals surface area contributed by atoms with Gasteiger partial charge in [0.15, 0.2) is 0 Å². The Hall–Kier alpha value is -1.90. The van der Waals surface area contributed by atoms with E-state index in [-0.39, 0.29) is 11.8 Å². The largest absolute Gasteiger partial charge is 0.268 e. The molecule has 1 atom stereocenters. The van der Waals surface area contributed by atoms with Crippen LogP contribution in [0.5, 0.6) is 0 Å². The van der Waals surface area contributed by atoms with Gasteiger partial charge in [0, 0.05) is 6.20 Å². The molecule has 1 aromatic rings. The van der Waals surface area contributed by atoms with E-state index in [1.165, 1.54) is 17.7 Å². The van der Waals surface area contributed by atoms with Crippen LogP contribution in [0.2, 0.25) is 0 Å². The second-order valence-electron chi connectivity index (χ2n) is 6.17. The van der Waals surface area contributed by atoms with Crippen molar-refractivity contribution in [1.82, 2.24) is 4.90 Å².